The smallest absolute Gasteiger partial charge is 0.323 e. The number of nitrogens with zero attached hydrogens (tertiary/aromatic N) is 1. The molecule has 1 heterocycles. The Morgan fingerprint density at radius 2 is 1.81 bits per heavy atom. The molecule has 0 aliphatic carbocycles. The van der Waals surface area contributed by atoms with Gasteiger partial charge in [0.1, 0.15) is 17.9 Å². The van der Waals surface area contributed by atoms with Crippen LogP contribution in [-0.2, 0) is 24.2 Å². The van der Waals surface area contributed by atoms with Gasteiger partial charge in [0.15, 0.2) is 11.5 Å². The molecule has 1 N–H and O–H groups in total. The third-order valence-corrected chi connectivity index (χ3v) is 6.38. The van der Waals surface area contributed by atoms with E-state index in [0.29, 0.717) is 40.7 Å². The lowest BCUT2D eigenvalue weighted by molar-refractivity contribution is -0.137. The number of rotatable bonds is 9. The van der Waals surface area contributed by atoms with Crippen LogP contribution in [0.1, 0.15) is 34.0 Å². The number of halogens is 1. The van der Waals surface area contributed by atoms with Gasteiger partial charge >= 0.3 is 5.97 Å². The Labute approximate surface area is 215 Å². The molecule has 0 radical (unpaired) electrons. The number of fused-ring (bicyclic) bond motifs is 1. The Morgan fingerprint density at radius 1 is 1.06 bits per heavy atom. The summed E-state index contributed by atoms with van der Waals surface area (Å²) in [6, 6.07) is 18.2. The Kier molecular flexibility index (Phi) is 7.40. The van der Waals surface area contributed by atoms with Crippen LogP contribution in [0.25, 0.3) is 0 Å². The van der Waals surface area contributed by atoms with E-state index in [2.05, 4.69) is 0 Å². The van der Waals surface area contributed by atoms with Crippen molar-refractivity contribution in [1.82, 2.24) is 4.90 Å². The highest BCUT2D eigenvalue weighted by Crippen LogP contribution is 2.44. The van der Waals surface area contributed by atoms with E-state index in [4.69, 9.17) is 25.8 Å². The van der Waals surface area contributed by atoms with Gasteiger partial charge in [0, 0.05) is 35.5 Å². The molecule has 7 nitrogen and oxygen atoms in total. The molecule has 4 rings (SSSR count). The summed E-state index contributed by atoms with van der Waals surface area (Å²) in [5.41, 5.74) is 2.48. The number of hydrogen-bond donors (Lipinski definition) is 1. The van der Waals surface area contributed by atoms with Crippen molar-refractivity contribution in [2.75, 3.05) is 20.8 Å². The molecule has 1 aliphatic heterocycles. The molecule has 0 bridgehead atoms. The monoisotopic (exact) mass is 509 g/mol. The van der Waals surface area contributed by atoms with Gasteiger partial charge in [-0.2, -0.15) is 0 Å². The Balaban J connectivity index is 1.61. The van der Waals surface area contributed by atoms with Crippen LogP contribution in [0, 0.1) is 0 Å². The molecule has 8 heteroatoms. The van der Waals surface area contributed by atoms with Crippen molar-refractivity contribution >= 4 is 23.5 Å². The van der Waals surface area contributed by atoms with Gasteiger partial charge in [-0.1, -0.05) is 35.9 Å². The first-order chi connectivity index (χ1) is 17.2. The minimum absolute atomic E-state index is 0.118. The van der Waals surface area contributed by atoms with E-state index in [0.717, 1.165) is 16.7 Å². The highest BCUT2D eigenvalue weighted by atomic mass is 35.5. The summed E-state index contributed by atoms with van der Waals surface area (Å²) < 4.78 is 17.2. The predicted molar refractivity (Wildman–Crippen MR) is 136 cm³/mol. The predicted octanol–water partition coefficient (Wildman–Crippen LogP) is 5.02. The Bertz CT molecular complexity index is 1280. The summed E-state index contributed by atoms with van der Waals surface area (Å²) in [5.74, 6) is 0.160. The highest BCUT2D eigenvalue weighted by Gasteiger charge is 2.38. The molecule has 0 spiro atoms. The molecule has 0 aromatic heterocycles. The summed E-state index contributed by atoms with van der Waals surface area (Å²) in [6.07, 6.45) is 1.21. The fourth-order valence-corrected chi connectivity index (χ4v) is 4.66. The van der Waals surface area contributed by atoms with Gasteiger partial charge in [0.2, 0.25) is 0 Å². The van der Waals surface area contributed by atoms with E-state index in [1.165, 1.54) is 12.0 Å². The molecule has 0 unspecified atom stereocenters. The van der Waals surface area contributed by atoms with E-state index < -0.39 is 24.0 Å². The maximum absolute atomic E-state index is 13.5. The molecule has 3 aromatic rings. The second kappa shape index (κ2) is 10.5. The van der Waals surface area contributed by atoms with Crippen molar-refractivity contribution in [2.24, 2.45) is 0 Å². The number of ether oxygens (including phenoxy) is 3. The molecule has 1 atom stereocenters. The topological polar surface area (TPSA) is 85.3 Å². The van der Waals surface area contributed by atoms with Crippen molar-refractivity contribution in [2.45, 2.75) is 31.9 Å². The lowest BCUT2D eigenvalue weighted by Crippen LogP contribution is -2.35. The van der Waals surface area contributed by atoms with Crippen LogP contribution < -0.4 is 14.2 Å². The number of carbonyl (C=O) groups excluding carboxylic acids is 1. The van der Waals surface area contributed by atoms with Crippen LogP contribution in [0.2, 0.25) is 5.02 Å². The fourth-order valence-electron chi connectivity index (χ4n) is 4.54. The first-order valence-corrected chi connectivity index (χ1v) is 11.9. The number of carboxylic acids is 1. The van der Waals surface area contributed by atoms with Gasteiger partial charge < -0.3 is 24.2 Å². The molecular formula is C28H28ClNO6. The quantitative estimate of drug-likeness (QED) is 0.436. The van der Waals surface area contributed by atoms with Crippen LogP contribution >= 0.6 is 11.6 Å². The number of carboxylic acid groups (broad SMARTS) is 1. The van der Waals surface area contributed by atoms with Crippen molar-refractivity contribution in [1.29, 1.82) is 0 Å². The molecule has 3 aromatic carbocycles. The van der Waals surface area contributed by atoms with E-state index in [1.807, 2.05) is 37.3 Å². The molecule has 36 heavy (non-hydrogen) atoms. The van der Waals surface area contributed by atoms with E-state index in [9.17, 15) is 14.7 Å². The van der Waals surface area contributed by atoms with Gasteiger partial charge in [0.25, 0.3) is 5.91 Å². The van der Waals surface area contributed by atoms with Crippen molar-refractivity contribution in [3.8, 4) is 17.2 Å². The van der Waals surface area contributed by atoms with Crippen LogP contribution in [0.5, 0.6) is 17.2 Å². The number of hydrogen-bond acceptors (Lipinski definition) is 5. The first-order valence-electron chi connectivity index (χ1n) is 11.5. The maximum Gasteiger partial charge on any atom is 0.323 e. The van der Waals surface area contributed by atoms with Gasteiger partial charge in [0.05, 0.1) is 14.2 Å². The number of methoxy groups -OCH3 is 2. The molecular weight excluding hydrogens is 482 g/mol. The van der Waals surface area contributed by atoms with Gasteiger partial charge in [-0.15, -0.1) is 0 Å². The normalized spacial score (nSPS) is 16.1. The van der Waals surface area contributed by atoms with Crippen LogP contribution in [0.3, 0.4) is 0 Å². The van der Waals surface area contributed by atoms with Gasteiger partial charge in [-0.05, 0) is 54.4 Å². The second-order valence-electron chi connectivity index (χ2n) is 9.11. The Hall–Kier alpha value is -3.71. The zero-order valence-corrected chi connectivity index (χ0v) is 21.2. The van der Waals surface area contributed by atoms with E-state index in [-0.39, 0.29) is 6.54 Å². The van der Waals surface area contributed by atoms with Gasteiger partial charge in [-0.25, -0.2) is 0 Å². The largest absolute Gasteiger partial charge is 0.497 e. The SMILES string of the molecule is COc1cccc(CN(CC(=O)O)C(=O)c2cc3c(c(OC)c2)O[C@](C)(Cc2ccc(Cl)cc2)C3)c1. The van der Waals surface area contributed by atoms with Crippen molar-refractivity contribution in [3.63, 3.8) is 0 Å². The molecule has 188 valence electrons. The minimum atomic E-state index is -1.10. The lowest BCUT2D eigenvalue weighted by Gasteiger charge is -2.24. The average molecular weight is 510 g/mol. The van der Waals surface area contributed by atoms with Gasteiger partial charge in [-0.3, -0.25) is 9.59 Å². The minimum Gasteiger partial charge on any atom is -0.497 e. The molecule has 0 saturated carbocycles. The number of amides is 1. The molecule has 1 aliphatic rings. The van der Waals surface area contributed by atoms with Crippen LogP contribution in [-0.4, -0.2) is 48.2 Å². The number of aliphatic carboxylic acids is 1. The lowest BCUT2D eigenvalue weighted by atomic mass is 9.91. The molecule has 0 saturated heterocycles. The Morgan fingerprint density at radius 3 is 2.47 bits per heavy atom. The summed E-state index contributed by atoms with van der Waals surface area (Å²) in [6.45, 7) is 1.69. The zero-order valence-electron chi connectivity index (χ0n) is 20.4. The maximum atomic E-state index is 13.5. The number of carbonyl (C=O) groups is 2. The molecule has 1 amide bonds. The zero-order chi connectivity index (χ0) is 25.9. The summed E-state index contributed by atoms with van der Waals surface area (Å²) in [5, 5.41) is 10.1. The third-order valence-electron chi connectivity index (χ3n) is 6.12. The average Bonchev–Trinajstić information content (AvgIpc) is 3.19. The summed E-state index contributed by atoms with van der Waals surface area (Å²) in [4.78, 5) is 26.4. The van der Waals surface area contributed by atoms with E-state index in [1.54, 1.807) is 37.4 Å². The third kappa shape index (κ3) is 5.74. The van der Waals surface area contributed by atoms with Crippen LogP contribution in [0.15, 0.2) is 60.7 Å². The van der Waals surface area contributed by atoms with Crippen LogP contribution in [0.4, 0.5) is 0 Å². The van der Waals surface area contributed by atoms with E-state index >= 15 is 0 Å². The summed E-state index contributed by atoms with van der Waals surface area (Å²) >= 11 is 6.02. The summed E-state index contributed by atoms with van der Waals surface area (Å²) in [7, 11) is 3.08. The first kappa shape index (κ1) is 25.4. The standard InChI is InChI=1S/C28H28ClNO6/c1-28(14-18-7-9-22(29)10-8-18)15-21-12-20(13-24(35-3)26(21)36-28)27(33)30(17-25(31)32)16-19-5-4-6-23(11-19)34-2/h4-13H,14-17H2,1-3H3,(H,31,32)/t28-/m1/s1. The fraction of sp³-hybridized carbons (Fsp3) is 0.286. The van der Waals surface area contributed by atoms with Crippen molar-refractivity contribution in [3.05, 3.63) is 87.9 Å². The number of benzene rings is 3. The second-order valence-corrected chi connectivity index (χ2v) is 9.54. The molecule has 0 fully saturated rings. The van der Waals surface area contributed by atoms with Crippen molar-refractivity contribution < 1.29 is 28.9 Å². The highest BCUT2D eigenvalue weighted by molar-refractivity contribution is 6.30.